The van der Waals surface area contributed by atoms with E-state index in [0.29, 0.717) is 36.0 Å². The number of benzene rings is 2. The van der Waals surface area contributed by atoms with Crippen LogP contribution in [-0.4, -0.2) is 36.1 Å². The maximum atomic E-state index is 13.2. The number of phenolic OH excluding ortho intramolecular Hbond substituents is 1. The third kappa shape index (κ3) is 4.63. The third-order valence-electron chi connectivity index (χ3n) is 4.83. The Kier molecular flexibility index (Phi) is 5.99. The molecule has 0 aliphatic carbocycles. The van der Waals surface area contributed by atoms with Crippen molar-refractivity contribution in [3.8, 4) is 17.2 Å². The van der Waals surface area contributed by atoms with Crippen LogP contribution in [0.4, 0.5) is 0 Å². The summed E-state index contributed by atoms with van der Waals surface area (Å²) in [5, 5.41) is 14.2. The van der Waals surface area contributed by atoms with E-state index in [1.54, 1.807) is 36.4 Å². The molecule has 2 aromatic carbocycles. The molecule has 154 valence electrons. The molecule has 4 rings (SSSR count). The predicted molar refractivity (Wildman–Crippen MR) is 114 cm³/mol. The SMILES string of the molecule is O=C(NC(Cc1ccc(O)cc1)C(=O)Cc1cccc2c1OCCO2)c1cccs1. The summed E-state index contributed by atoms with van der Waals surface area (Å²) in [6.07, 6.45) is 0.433. The number of rotatable bonds is 7. The number of carbonyl (C=O) groups excluding carboxylic acids is 2. The molecule has 2 N–H and O–H groups in total. The lowest BCUT2D eigenvalue weighted by molar-refractivity contribution is -0.120. The molecule has 1 atom stereocenters. The first-order valence-electron chi connectivity index (χ1n) is 9.62. The number of carbonyl (C=O) groups is 2. The summed E-state index contributed by atoms with van der Waals surface area (Å²) in [4.78, 5) is 26.4. The molecule has 6 nitrogen and oxygen atoms in total. The van der Waals surface area contributed by atoms with Gasteiger partial charge in [-0.25, -0.2) is 0 Å². The number of Topliss-reactive ketones (excluding diaryl/α,β-unsaturated/α-hetero) is 1. The molecule has 1 aliphatic rings. The van der Waals surface area contributed by atoms with E-state index in [1.165, 1.54) is 11.3 Å². The molecule has 2 heterocycles. The number of thiophene rings is 1. The van der Waals surface area contributed by atoms with Crippen LogP contribution < -0.4 is 14.8 Å². The zero-order chi connectivity index (χ0) is 20.9. The van der Waals surface area contributed by atoms with Crippen LogP contribution in [0.2, 0.25) is 0 Å². The Morgan fingerprint density at radius 1 is 1.03 bits per heavy atom. The Bertz CT molecular complexity index is 1030. The number of nitrogens with one attached hydrogen (secondary N) is 1. The van der Waals surface area contributed by atoms with E-state index in [0.717, 1.165) is 11.1 Å². The van der Waals surface area contributed by atoms with Crippen molar-refractivity contribution >= 4 is 23.0 Å². The van der Waals surface area contributed by atoms with Gasteiger partial charge in [0, 0.05) is 12.0 Å². The Morgan fingerprint density at radius 3 is 2.60 bits per heavy atom. The Labute approximate surface area is 178 Å². The van der Waals surface area contributed by atoms with Crippen LogP contribution in [0.15, 0.2) is 60.0 Å². The van der Waals surface area contributed by atoms with Crippen molar-refractivity contribution in [2.45, 2.75) is 18.9 Å². The highest BCUT2D eigenvalue weighted by Crippen LogP contribution is 2.34. The summed E-state index contributed by atoms with van der Waals surface area (Å²) in [6.45, 7) is 0.912. The molecule has 3 aromatic rings. The number of amides is 1. The van der Waals surface area contributed by atoms with Crippen LogP contribution in [0.25, 0.3) is 0 Å². The standard InChI is InChI=1S/C23H21NO5S/c25-17-8-6-15(7-9-17)13-18(24-23(27)21-5-2-12-30-21)19(26)14-16-3-1-4-20-22(16)29-11-10-28-20/h1-9,12,18,25H,10-11,13-14H2,(H,24,27). The van der Waals surface area contributed by atoms with E-state index in [1.807, 2.05) is 23.6 Å². The van der Waals surface area contributed by atoms with Crippen molar-refractivity contribution in [2.24, 2.45) is 0 Å². The number of para-hydroxylation sites is 1. The molecule has 7 heteroatoms. The van der Waals surface area contributed by atoms with E-state index in [9.17, 15) is 14.7 Å². The molecule has 30 heavy (non-hydrogen) atoms. The summed E-state index contributed by atoms with van der Waals surface area (Å²) < 4.78 is 11.3. The second-order valence-corrected chi connectivity index (χ2v) is 7.91. The highest BCUT2D eigenvalue weighted by Gasteiger charge is 2.25. The smallest absolute Gasteiger partial charge is 0.261 e. The van der Waals surface area contributed by atoms with Crippen molar-refractivity contribution in [1.29, 1.82) is 0 Å². The molecule has 0 fully saturated rings. The van der Waals surface area contributed by atoms with Gasteiger partial charge in [-0.05, 0) is 41.6 Å². The monoisotopic (exact) mass is 423 g/mol. The molecule has 0 spiro atoms. The number of phenols is 1. The molecule has 0 saturated carbocycles. The molecule has 1 aliphatic heterocycles. The van der Waals surface area contributed by atoms with Gasteiger partial charge in [-0.3, -0.25) is 9.59 Å². The van der Waals surface area contributed by atoms with E-state index in [-0.39, 0.29) is 23.9 Å². The van der Waals surface area contributed by atoms with Crippen LogP contribution in [0, 0.1) is 0 Å². The van der Waals surface area contributed by atoms with Gasteiger partial charge >= 0.3 is 0 Å². The van der Waals surface area contributed by atoms with Crippen molar-refractivity contribution in [2.75, 3.05) is 13.2 Å². The van der Waals surface area contributed by atoms with E-state index in [2.05, 4.69) is 5.32 Å². The number of hydrogen-bond donors (Lipinski definition) is 2. The normalized spacial score (nSPS) is 13.5. The summed E-state index contributed by atoms with van der Waals surface area (Å²) >= 11 is 1.32. The lowest BCUT2D eigenvalue weighted by Crippen LogP contribution is -2.43. The summed E-state index contributed by atoms with van der Waals surface area (Å²) in [5.41, 5.74) is 1.57. The molecule has 1 amide bonds. The summed E-state index contributed by atoms with van der Waals surface area (Å²) in [5.74, 6) is 0.957. The molecule has 0 saturated heterocycles. The molecule has 0 bridgehead atoms. The van der Waals surface area contributed by atoms with Crippen LogP contribution in [-0.2, 0) is 17.6 Å². The minimum Gasteiger partial charge on any atom is -0.508 e. The lowest BCUT2D eigenvalue weighted by atomic mass is 9.96. The zero-order valence-electron chi connectivity index (χ0n) is 16.2. The highest BCUT2D eigenvalue weighted by atomic mass is 32.1. The van der Waals surface area contributed by atoms with E-state index >= 15 is 0 Å². The van der Waals surface area contributed by atoms with Gasteiger partial charge < -0.3 is 19.9 Å². The number of hydrogen-bond acceptors (Lipinski definition) is 6. The summed E-state index contributed by atoms with van der Waals surface area (Å²) in [6, 6.07) is 14.9. The van der Waals surface area contributed by atoms with Crippen LogP contribution in [0.1, 0.15) is 20.8 Å². The Balaban J connectivity index is 1.55. The van der Waals surface area contributed by atoms with Gasteiger partial charge in [0.1, 0.15) is 19.0 Å². The average molecular weight is 423 g/mol. The Morgan fingerprint density at radius 2 is 1.83 bits per heavy atom. The van der Waals surface area contributed by atoms with Crippen LogP contribution >= 0.6 is 11.3 Å². The minimum absolute atomic E-state index is 0.111. The van der Waals surface area contributed by atoms with E-state index in [4.69, 9.17) is 9.47 Å². The first kappa shape index (κ1) is 20.0. The maximum absolute atomic E-state index is 13.2. The van der Waals surface area contributed by atoms with Crippen molar-refractivity contribution in [3.63, 3.8) is 0 Å². The van der Waals surface area contributed by atoms with Gasteiger partial charge in [0.2, 0.25) is 0 Å². The molecule has 0 radical (unpaired) electrons. The first-order valence-corrected chi connectivity index (χ1v) is 10.5. The first-order chi connectivity index (χ1) is 14.6. The van der Waals surface area contributed by atoms with Crippen LogP contribution in [0.5, 0.6) is 17.2 Å². The topological polar surface area (TPSA) is 84.9 Å². The summed E-state index contributed by atoms with van der Waals surface area (Å²) in [7, 11) is 0. The maximum Gasteiger partial charge on any atom is 0.261 e. The van der Waals surface area contributed by atoms with Gasteiger partial charge in [0.15, 0.2) is 17.3 Å². The quantitative estimate of drug-likeness (QED) is 0.609. The minimum atomic E-state index is -0.718. The number of fused-ring (bicyclic) bond motifs is 1. The predicted octanol–water partition coefficient (Wildman–Crippen LogP) is 3.38. The fraction of sp³-hybridized carbons (Fsp3) is 0.217. The second-order valence-electron chi connectivity index (χ2n) is 6.96. The molecule has 1 aromatic heterocycles. The van der Waals surface area contributed by atoms with Crippen molar-refractivity contribution < 1.29 is 24.2 Å². The number of ketones is 1. The molecular weight excluding hydrogens is 402 g/mol. The van der Waals surface area contributed by atoms with Gasteiger partial charge in [-0.15, -0.1) is 11.3 Å². The number of ether oxygens (including phenoxy) is 2. The highest BCUT2D eigenvalue weighted by molar-refractivity contribution is 7.12. The van der Waals surface area contributed by atoms with Gasteiger partial charge in [0.25, 0.3) is 5.91 Å². The third-order valence-corrected chi connectivity index (χ3v) is 5.70. The van der Waals surface area contributed by atoms with Gasteiger partial charge in [-0.1, -0.05) is 30.3 Å². The fourth-order valence-electron chi connectivity index (χ4n) is 3.33. The van der Waals surface area contributed by atoms with Crippen molar-refractivity contribution in [1.82, 2.24) is 5.32 Å². The average Bonchev–Trinajstić information content (AvgIpc) is 3.30. The molecule has 1 unspecified atom stereocenters. The van der Waals surface area contributed by atoms with E-state index < -0.39 is 6.04 Å². The zero-order valence-corrected chi connectivity index (χ0v) is 17.0. The fourth-order valence-corrected chi connectivity index (χ4v) is 3.96. The van der Waals surface area contributed by atoms with Crippen molar-refractivity contribution in [3.05, 3.63) is 76.0 Å². The van der Waals surface area contributed by atoms with Gasteiger partial charge in [0.05, 0.1) is 10.9 Å². The molecular formula is C23H21NO5S. The largest absolute Gasteiger partial charge is 0.508 e. The van der Waals surface area contributed by atoms with Gasteiger partial charge in [-0.2, -0.15) is 0 Å². The Hall–Kier alpha value is -3.32. The second kappa shape index (κ2) is 9.00. The lowest BCUT2D eigenvalue weighted by Gasteiger charge is -2.22. The van der Waals surface area contributed by atoms with Crippen LogP contribution in [0.3, 0.4) is 0 Å². The number of aromatic hydroxyl groups is 1.